The third kappa shape index (κ3) is 5.54. The highest BCUT2D eigenvalue weighted by atomic mass is 19.1. The van der Waals surface area contributed by atoms with Gasteiger partial charge in [-0.3, -0.25) is 4.79 Å². The third-order valence-corrected chi connectivity index (χ3v) is 4.56. The second kappa shape index (κ2) is 9.82. The summed E-state index contributed by atoms with van der Waals surface area (Å²) in [4.78, 5) is 20.4. The van der Waals surface area contributed by atoms with Crippen LogP contribution >= 0.6 is 0 Å². The normalized spacial score (nSPS) is 10.7. The van der Waals surface area contributed by atoms with Gasteiger partial charge in [0.25, 0.3) is 0 Å². The molecule has 0 fully saturated rings. The van der Waals surface area contributed by atoms with Gasteiger partial charge in [-0.25, -0.2) is 18.7 Å². The second-order valence-corrected chi connectivity index (χ2v) is 6.94. The molecule has 0 unspecified atom stereocenters. The number of aromatic nitrogens is 2. The first-order chi connectivity index (χ1) is 15.6. The minimum absolute atomic E-state index is 0.172. The first kappa shape index (κ1) is 21.2. The van der Waals surface area contributed by atoms with Crippen LogP contribution in [0.3, 0.4) is 0 Å². The number of hydrogen-bond acceptors (Lipinski definition) is 5. The van der Waals surface area contributed by atoms with Gasteiger partial charge in [0.15, 0.2) is 11.7 Å². The number of carbonyl (C=O) groups excluding carboxylic acids is 1. The van der Waals surface area contributed by atoms with Crippen LogP contribution in [0.2, 0.25) is 0 Å². The van der Waals surface area contributed by atoms with Crippen molar-refractivity contribution in [3.63, 3.8) is 0 Å². The van der Waals surface area contributed by atoms with Gasteiger partial charge in [0.1, 0.15) is 17.4 Å². The number of aryl methyl sites for hydroxylation is 1. The summed E-state index contributed by atoms with van der Waals surface area (Å²) in [7, 11) is 0. The molecule has 6 nitrogen and oxygen atoms in total. The molecule has 1 amide bonds. The van der Waals surface area contributed by atoms with Crippen LogP contribution in [-0.2, 0) is 17.8 Å². The van der Waals surface area contributed by atoms with Gasteiger partial charge in [-0.1, -0.05) is 24.3 Å². The average molecular weight is 435 g/mol. The Balaban J connectivity index is 1.24. The van der Waals surface area contributed by atoms with Crippen molar-refractivity contribution in [1.82, 2.24) is 15.3 Å². The highest BCUT2D eigenvalue weighted by molar-refractivity contribution is 5.76. The van der Waals surface area contributed by atoms with Crippen LogP contribution in [0.5, 0.6) is 11.6 Å². The van der Waals surface area contributed by atoms with Crippen LogP contribution < -0.4 is 10.1 Å². The van der Waals surface area contributed by atoms with E-state index in [4.69, 9.17) is 9.15 Å². The van der Waals surface area contributed by atoms with Gasteiger partial charge in [0.05, 0.1) is 11.8 Å². The summed E-state index contributed by atoms with van der Waals surface area (Å²) in [5.41, 5.74) is 1.11. The predicted octanol–water partition coefficient (Wildman–Crippen LogP) is 5.06. The fraction of sp³-hybridized carbons (Fsp3) is 0.125. The van der Waals surface area contributed by atoms with Crippen LogP contribution in [0, 0.1) is 11.6 Å². The molecule has 0 saturated heterocycles. The number of benzene rings is 2. The molecule has 2 heterocycles. The zero-order chi connectivity index (χ0) is 22.3. The smallest absolute Gasteiger partial charge is 0.220 e. The fourth-order valence-electron chi connectivity index (χ4n) is 2.95. The van der Waals surface area contributed by atoms with Crippen LogP contribution in [0.25, 0.3) is 11.3 Å². The van der Waals surface area contributed by atoms with E-state index in [9.17, 15) is 13.6 Å². The number of halogens is 2. The SMILES string of the molecule is O=C(CCc1ncc(-c2ccccc2F)o1)NCc1ccc(Oc2cccc(F)c2)nc1. The van der Waals surface area contributed by atoms with Gasteiger partial charge >= 0.3 is 0 Å². The van der Waals surface area contributed by atoms with Gasteiger partial charge in [0, 0.05) is 37.7 Å². The molecule has 0 spiro atoms. The molecule has 0 radical (unpaired) electrons. The lowest BCUT2D eigenvalue weighted by Gasteiger charge is -2.07. The zero-order valence-electron chi connectivity index (χ0n) is 16.9. The molecule has 2 aromatic heterocycles. The standard InChI is InChI=1S/C24H19F2N3O3/c25-17-4-3-5-18(12-17)31-23-10-8-16(14-28-23)13-27-22(30)9-11-24-29-15-21(32-24)19-6-1-2-7-20(19)26/h1-8,10,12,14-15H,9,11,13H2,(H,27,30). The summed E-state index contributed by atoms with van der Waals surface area (Å²) in [5, 5.41) is 2.79. The summed E-state index contributed by atoms with van der Waals surface area (Å²) in [5.74, 6) is 0.382. The van der Waals surface area contributed by atoms with E-state index < -0.39 is 11.6 Å². The van der Waals surface area contributed by atoms with Crippen molar-refractivity contribution in [3.8, 4) is 23.0 Å². The largest absolute Gasteiger partial charge is 0.441 e. The molecule has 1 N–H and O–H groups in total. The molecule has 0 aliphatic heterocycles. The molecule has 4 aromatic rings. The summed E-state index contributed by atoms with van der Waals surface area (Å²) in [6.45, 7) is 0.290. The number of pyridine rings is 1. The monoisotopic (exact) mass is 435 g/mol. The maximum absolute atomic E-state index is 13.8. The Hall–Kier alpha value is -4.07. The molecule has 32 heavy (non-hydrogen) atoms. The molecule has 0 bridgehead atoms. The molecular weight excluding hydrogens is 416 g/mol. The number of amides is 1. The lowest BCUT2D eigenvalue weighted by molar-refractivity contribution is -0.121. The summed E-state index contributed by atoms with van der Waals surface area (Å²) in [6.07, 6.45) is 3.48. The Morgan fingerprint density at radius 1 is 1.00 bits per heavy atom. The van der Waals surface area contributed by atoms with Crippen molar-refractivity contribution in [2.24, 2.45) is 0 Å². The van der Waals surface area contributed by atoms with Gasteiger partial charge in [-0.2, -0.15) is 0 Å². The van der Waals surface area contributed by atoms with Crippen molar-refractivity contribution in [2.45, 2.75) is 19.4 Å². The highest BCUT2D eigenvalue weighted by Crippen LogP contribution is 2.23. The van der Waals surface area contributed by atoms with Crippen molar-refractivity contribution in [1.29, 1.82) is 0 Å². The van der Waals surface area contributed by atoms with Gasteiger partial charge in [0.2, 0.25) is 11.8 Å². The zero-order valence-corrected chi connectivity index (χ0v) is 16.9. The molecule has 162 valence electrons. The van der Waals surface area contributed by atoms with E-state index >= 15 is 0 Å². The number of oxazole rings is 1. The summed E-state index contributed by atoms with van der Waals surface area (Å²) < 4.78 is 38.1. The van der Waals surface area contributed by atoms with Crippen LogP contribution in [-0.4, -0.2) is 15.9 Å². The molecule has 0 aliphatic carbocycles. The Labute approximate surface area is 182 Å². The number of hydrogen-bond donors (Lipinski definition) is 1. The number of carbonyl (C=O) groups is 1. The lowest BCUT2D eigenvalue weighted by atomic mass is 10.2. The third-order valence-electron chi connectivity index (χ3n) is 4.56. The molecule has 0 saturated carbocycles. The van der Waals surface area contributed by atoms with Crippen LogP contribution in [0.1, 0.15) is 17.9 Å². The Morgan fingerprint density at radius 2 is 1.88 bits per heavy atom. The molecular formula is C24H19F2N3O3. The number of ether oxygens (including phenoxy) is 1. The average Bonchev–Trinajstić information content (AvgIpc) is 3.26. The topological polar surface area (TPSA) is 77.2 Å². The maximum Gasteiger partial charge on any atom is 0.220 e. The minimum atomic E-state index is -0.395. The number of rotatable bonds is 8. The van der Waals surface area contributed by atoms with E-state index in [1.807, 2.05) is 0 Å². The molecule has 2 aromatic carbocycles. The lowest BCUT2D eigenvalue weighted by Crippen LogP contribution is -2.23. The fourth-order valence-corrected chi connectivity index (χ4v) is 2.95. The minimum Gasteiger partial charge on any atom is -0.441 e. The van der Waals surface area contributed by atoms with Crippen molar-refractivity contribution in [3.05, 3.63) is 96.1 Å². The quantitative estimate of drug-likeness (QED) is 0.419. The number of nitrogens with zero attached hydrogens (tertiary/aromatic N) is 2. The molecule has 8 heteroatoms. The van der Waals surface area contributed by atoms with Gasteiger partial charge in [-0.15, -0.1) is 0 Å². The Kier molecular flexibility index (Phi) is 6.50. The Morgan fingerprint density at radius 3 is 2.66 bits per heavy atom. The Bertz CT molecular complexity index is 1210. The van der Waals surface area contributed by atoms with Crippen molar-refractivity contribution >= 4 is 5.91 Å². The van der Waals surface area contributed by atoms with Crippen LogP contribution in [0.4, 0.5) is 8.78 Å². The molecule has 0 aliphatic rings. The van der Waals surface area contributed by atoms with E-state index in [-0.39, 0.29) is 18.9 Å². The van der Waals surface area contributed by atoms with Crippen LogP contribution in [0.15, 0.2) is 77.5 Å². The van der Waals surface area contributed by atoms with Crippen molar-refractivity contribution in [2.75, 3.05) is 0 Å². The predicted molar refractivity (Wildman–Crippen MR) is 113 cm³/mol. The van der Waals surface area contributed by atoms with E-state index in [2.05, 4.69) is 15.3 Å². The second-order valence-electron chi connectivity index (χ2n) is 6.94. The van der Waals surface area contributed by atoms with E-state index in [1.54, 1.807) is 48.7 Å². The number of nitrogens with one attached hydrogen (secondary N) is 1. The highest BCUT2D eigenvalue weighted by Gasteiger charge is 2.12. The van der Waals surface area contributed by atoms with Gasteiger partial charge < -0.3 is 14.5 Å². The first-order valence-electron chi connectivity index (χ1n) is 9.91. The van der Waals surface area contributed by atoms with Gasteiger partial charge in [-0.05, 0) is 29.8 Å². The van der Waals surface area contributed by atoms with E-state index in [0.717, 1.165) is 5.56 Å². The first-order valence-corrected chi connectivity index (χ1v) is 9.91. The summed E-state index contributed by atoms with van der Waals surface area (Å²) >= 11 is 0. The maximum atomic E-state index is 13.8. The van der Waals surface area contributed by atoms with E-state index in [0.29, 0.717) is 35.3 Å². The molecule has 0 atom stereocenters. The van der Waals surface area contributed by atoms with Crippen molar-refractivity contribution < 1.29 is 22.7 Å². The molecule has 4 rings (SSSR count). The summed E-state index contributed by atoms with van der Waals surface area (Å²) in [6, 6.07) is 15.4. The van der Waals surface area contributed by atoms with E-state index in [1.165, 1.54) is 24.4 Å².